The van der Waals surface area contributed by atoms with Gasteiger partial charge in [0.25, 0.3) is 0 Å². The Balaban J connectivity index is 1.72. The summed E-state index contributed by atoms with van der Waals surface area (Å²) in [5.41, 5.74) is 3.06. The van der Waals surface area contributed by atoms with Gasteiger partial charge in [-0.2, -0.15) is 0 Å². The van der Waals surface area contributed by atoms with Gasteiger partial charge in [0.2, 0.25) is 0 Å². The zero-order chi connectivity index (χ0) is 19.9. The summed E-state index contributed by atoms with van der Waals surface area (Å²) in [6.45, 7) is 0.000689. The second-order valence-corrected chi connectivity index (χ2v) is 6.89. The normalized spacial score (nSPS) is 19.6. The lowest BCUT2D eigenvalue weighted by molar-refractivity contribution is -0.161. The molecule has 1 heterocycles. The number of carbonyl (C=O) groups is 2. The lowest BCUT2D eigenvalue weighted by atomic mass is 9.91. The van der Waals surface area contributed by atoms with Crippen molar-refractivity contribution in [1.82, 2.24) is 0 Å². The highest BCUT2D eigenvalue weighted by Gasteiger charge is 2.36. The van der Waals surface area contributed by atoms with Gasteiger partial charge in [-0.1, -0.05) is 48.5 Å². The SMILES string of the molecule is O=C1CCCC(C(=O)OCc2ccc(CO)cc2)C(c2ccc(CO)cc2)O1. The summed E-state index contributed by atoms with van der Waals surface area (Å²) < 4.78 is 11.1. The number of aliphatic hydroxyl groups excluding tert-OH is 2. The van der Waals surface area contributed by atoms with E-state index in [1.54, 1.807) is 48.5 Å². The molecule has 0 spiro atoms. The Labute approximate surface area is 163 Å². The Morgan fingerprint density at radius 1 is 0.964 bits per heavy atom. The average molecular weight is 384 g/mol. The summed E-state index contributed by atoms with van der Waals surface area (Å²) in [5, 5.41) is 18.3. The van der Waals surface area contributed by atoms with E-state index >= 15 is 0 Å². The molecule has 0 bridgehead atoms. The number of rotatable bonds is 6. The molecule has 0 saturated carbocycles. The highest BCUT2D eigenvalue weighted by Crippen LogP contribution is 2.34. The Morgan fingerprint density at radius 2 is 1.54 bits per heavy atom. The van der Waals surface area contributed by atoms with Crippen LogP contribution < -0.4 is 0 Å². The molecule has 0 amide bonds. The van der Waals surface area contributed by atoms with Crippen LogP contribution in [0.3, 0.4) is 0 Å². The Morgan fingerprint density at radius 3 is 2.14 bits per heavy atom. The maximum absolute atomic E-state index is 12.8. The van der Waals surface area contributed by atoms with Gasteiger partial charge < -0.3 is 19.7 Å². The second-order valence-electron chi connectivity index (χ2n) is 6.89. The van der Waals surface area contributed by atoms with Crippen molar-refractivity contribution >= 4 is 11.9 Å². The largest absolute Gasteiger partial charge is 0.460 e. The molecular formula is C22H24O6. The molecule has 28 heavy (non-hydrogen) atoms. The third kappa shape index (κ3) is 4.97. The van der Waals surface area contributed by atoms with Gasteiger partial charge in [0.1, 0.15) is 12.7 Å². The van der Waals surface area contributed by atoms with Gasteiger partial charge in [-0.25, -0.2) is 0 Å². The number of aliphatic hydroxyl groups is 2. The molecule has 1 fully saturated rings. The van der Waals surface area contributed by atoms with Crippen LogP contribution in [-0.4, -0.2) is 22.2 Å². The van der Waals surface area contributed by atoms with Crippen LogP contribution in [0, 0.1) is 5.92 Å². The summed E-state index contributed by atoms with van der Waals surface area (Å²) >= 11 is 0. The molecule has 1 aliphatic rings. The van der Waals surface area contributed by atoms with Crippen molar-refractivity contribution in [3.63, 3.8) is 0 Å². The highest BCUT2D eigenvalue weighted by atomic mass is 16.6. The molecule has 1 aliphatic heterocycles. The monoisotopic (exact) mass is 384 g/mol. The van der Waals surface area contributed by atoms with Gasteiger partial charge in [-0.05, 0) is 35.1 Å². The average Bonchev–Trinajstić information content (AvgIpc) is 2.94. The smallest absolute Gasteiger partial charge is 0.313 e. The first kappa shape index (κ1) is 20.0. The molecule has 3 rings (SSSR count). The molecule has 2 unspecified atom stereocenters. The lowest BCUT2D eigenvalue weighted by Gasteiger charge is -2.24. The molecule has 2 aromatic carbocycles. The first-order valence-corrected chi connectivity index (χ1v) is 9.35. The van der Waals surface area contributed by atoms with E-state index in [1.165, 1.54) is 0 Å². The maximum atomic E-state index is 12.8. The standard InChI is InChI=1S/C22H24O6/c23-12-15-4-6-17(7-5-15)14-27-22(26)19-2-1-3-20(25)28-21(19)18-10-8-16(13-24)9-11-18/h4-11,19,21,23-24H,1-3,12-14H2. The van der Waals surface area contributed by atoms with E-state index < -0.39 is 18.0 Å². The molecule has 2 atom stereocenters. The summed E-state index contributed by atoms with van der Waals surface area (Å²) in [6.07, 6.45) is 0.639. The minimum absolute atomic E-state index is 0.0374. The van der Waals surface area contributed by atoms with E-state index in [1.807, 2.05) is 0 Å². The van der Waals surface area contributed by atoms with Crippen molar-refractivity contribution in [3.8, 4) is 0 Å². The van der Waals surface area contributed by atoms with Crippen LogP contribution in [0.4, 0.5) is 0 Å². The van der Waals surface area contributed by atoms with Gasteiger partial charge in [0.05, 0.1) is 19.1 Å². The van der Waals surface area contributed by atoms with Crippen LogP contribution in [-0.2, 0) is 38.9 Å². The Hall–Kier alpha value is -2.70. The van der Waals surface area contributed by atoms with Crippen LogP contribution in [0.1, 0.15) is 47.6 Å². The summed E-state index contributed by atoms with van der Waals surface area (Å²) in [6, 6.07) is 14.2. The Bertz CT molecular complexity index is 797. The van der Waals surface area contributed by atoms with Gasteiger partial charge >= 0.3 is 11.9 Å². The molecule has 0 aliphatic carbocycles. The number of hydrogen-bond donors (Lipinski definition) is 2. The third-order valence-corrected chi connectivity index (χ3v) is 4.90. The molecular weight excluding hydrogens is 360 g/mol. The fourth-order valence-electron chi connectivity index (χ4n) is 3.26. The van der Waals surface area contributed by atoms with Gasteiger partial charge in [-0.15, -0.1) is 0 Å². The summed E-state index contributed by atoms with van der Waals surface area (Å²) in [7, 11) is 0. The molecule has 6 nitrogen and oxygen atoms in total. The molecule has 0 aromatic heterocycles. The topological polar surface area (TPSA) is 93.1 Å². The van der Waals surface area contributed by atoms with E-state index in [9.17, 15) is 14.7 Å². The minimum atomic E-state index is -0.702. The molecule has 2 aromatic rings. The predicted molar refractivity (Wildman–Crippen MR) is 101 cm³/mol. The number of ether oxygens (including phenoxy) is 2. The first-order chi connectivity index (χ1) is 13.6. The van der Waals surface area contributed by atoms with Crippen LogP contribution in [0.2, 0.25) is 0 Å². The van der Waals surface area contributed by atoms with Gasteiger partial charge in [-0.3, -0.25) is 9.59 Å². The van der Waals surface area contributed by atoms with Crippen LogP contribution in [0.25, 0.3) is 0 Å². The minimum Gasteiger partial charge on any atom is -0.460 e. The van der Waals surface area contributed by atoms with Crippen molar-refractivity contribution in [3.05, 3.63) is 70.8 Å². The molecule has 6 heteroatoms. The molecule has 2 N–H and O–H groups in total. The number of hydrogen-bond acceptors (Lipinski definition) is 6. The van der Waals surface area contributed by atoms with Crippen molar-refractivity contribution < 1.29 is 29.3 Å². The predicted octanol–water partition coefficient (Wildman–Crippen LogP) is 2.80. The quantitative estimate of drug-likeness (QED) is 0.744. The van der Waals surface area contributed by atoms with Crippen LogP contribution >= 0.6 is 0 Å². The van der Waals surface area contributed by atoms with Gasteiger partial charge in [0.15, 0.2) is 0 Å². The van der Waals surface area contributed by atoms with Crippen molar-refractivity contribution in [2.24, 2.45) is 5.92 Å². The Kier molecular flexibility index (Phi) is 6.79. The van der Waals surface area contributed by atoms with Crippen molar-refractivity contribution in [1.29, 1.82) is 0 Å². The van der Waals surface area contributed by atoms with E-state index in [2.05, 4.69) is 0 Å². The lowest BCUT2D eigenvalue weighted by Crippen LogP contribution is -2.26. The van der Waals surface area contributed by atoms with E-state index in [0.29, 0.717) is 18.4 Å². The number of benzene rings is 2. The zero-order valence-corrected chi connectivity index (χ0v) is 15.5. The number of esters is 2. The molecule has 148 valence electrons. The van der Waals surface area contributed by atoms with E-state index in [-0.39, 0.29) is 32.2 Å². The highest BCUT2D eigenvalue weighted by molar-refractivity contribution is 5.76. The van der Waals surface area contributed by atoms with Crippen LogP contribution in [0.5, 0.6) is 0 Å². The first-order valence-electron chi connectivity index (χ1n) is 9.35. The number of carbonyl (C=O) groups excluding carboxylic acids is 2. The molecule has 0 radical (unpaired) electrons. The fraction of sp³-hybridized carbons (Fsp3) is 0.364. The van der Waals surface area contributed by atoms with E-state index in [4.69, 9.17) is 14.6 Å². The van der Waals surface area contributed by atoms with Crippen molar-refractivity contribution in [2.45, 2.75) is 45.2 Å². The summed E-state index contributed by atoms with van der Waals surface area (Å²) in [5.74, 6) is -1.31. The fourth-order valence-corrected chi connectivity index (χ4v) is 3.26. The number of cyclic esters (lactones) is 1. The zero-order valence-electron chi connectivity index (χ0n) is 15.5. The van der Waals surface area contributed by atoms with Crippen LogP contribution in [0.15, 0.2) is 48.5 Å². The molecule has 1 saturated heterocycles. The summed E-state index contributed by atoms with van der Waals surface area (Å²) in [4.78, 5) is 24.7. The third-order valence-electron chi connectivity index (χ3n) is 4.90. The van der Waals surface area contributed by atoms with Crippen molar-refractivity contribution in [2.75, 3.05) is 0 Å². The van der Waals surface area contributed by atoms with E-state index in [0.717, 1.165) is 16.7 Å². The second kappa shape index (κ2) is 9.48. The maximum Gasteiger partial charge on any atom is 0.313 e. The van der Waals surface area contributed by atoms with Gasteiger partial charge in [0, 0.05) is 6.42 Å².